The molecule has 0 saturated carbocycles. The molecular weight excluding hydrogens is 223 g/mol. The van der Waals surface area contributed by atoms with Crippen LogP contribution in [0.3, 0.4) is 0 Å². The van der Waals surface area contributed by atoms with Crippen molar-refractivity contribution in [2.24, 2.45) is 0 Å². The third kappa shape index (κ3) is 14.3. The van der Waals surface area contributed by atoms with Crippen molar-refractivity contribution in [1.29, 1.82) is 0 Å². The molecule has 0 atom stereocenters. The SMILES string of the molecule is CCCCCCCCCCOP(C)(C)(O)O. The summed E-state index contributed by atoms with van der Waals surface area (Å²) in [5, 5.41) is 0. The fraction of sp³-hybridized carbons (Fsp3) is 1.00. The van der Waals surface area contributed by atoms with Crippen LogP contribution < -0.4 is 0 Å². The van der Waals surface area contributed by atoms with Gasteiger partial charge in [-0.25, -0.2) is 0 Å². The maximum atomic E-state index is 9.45. The molecule has 0 aliphatic carbocycles. The van der Waals surface area contributed by atoms with Crippen LogP contribution in [0.25, 0.3) is 0 Å². The number of rotatable bonds is 10. The Balaban J connectivity index is 3.17. The molecular formula is C12H29O3P. The third-order valence-corrected chi connectivity index (χ3v) is 3.39. The Hall–Kier alpha value is 0.310. The van der Waals surface area contributed by atoms with Crippen LogP contribution in [0.2, 0.25) is 0 Å². The van der Waals surface area contributed by atoms with E-state index in [1.54, 1.807) is 0 Å². The first-order chi connectivity index (χ1) is 7.31. The summed E-state index contributed by atoms with van der Waals surface area (Å²) in [6.07, 6.45) is 9.89. The molecule has 0 aromatic carbocycles. The summed E-state index contributed by atoms with van der Waals surface area (Å²) < 4.78 is 5.10. The molecule has 4 heteroatoms. The van der Waals surface area contributed by atoms with Gasteiger partial charge in [0.15, 0.2) is 0 Å². The normalized spacial score (nSPS) is 14.7. The van der Waals surface area contributed by atoms with Crippen LogP contribution in [0.5, 0.6) is 0 Å². The van der Waals surface area contributed by atoms with Crippen molar-refractivity contribution in [1.82, 2.24) is 0 Å². The Morgan fingerprint density at radius 1 is 0.812 bits per heavy atom. The molecule has 0 amide bonds. The summed E-state index contributed by atoms with van der Waals surface area (Å²) in [5.74, 6) is 0. The minimum absolute atomic E-state index is 0.465. The zero-order valence-electron chi connectivity index (χ0n) is 11.1. The molecule has 0 aliphatic heterocycles. The Labute approximate surface area is 100 Å². The summed E-state index contributed by atoms with van der Waals surface area (Å²) in [6, 6.07) is 0. The van der Waals surface area contributed by atoms with Gasteiger partial charge in [0.2, 0.25) is 0 Å². The molecule has 0 bridgehead atoms. The Morgan fingerprint density at radius 2 is 1.25 bits per heavy atom. The first-order valence-corrected chi connectivity index (χ1v) is 9.43. The van der Waals surface area contributed by atoms with Gasteiger partial charge in [-0.1, -0.05) is 0 Å². The Morgan fingerprint density at radius 3 is 1.69 bits per heavy atom. The second-order valence-corrected chi connectivity index (χ2v) is 9.16. The van der Waals surface area contributed by atoms with Crippen molar-refractivity contribution in [3.05, 3.63) is 0 Å². The van der Waals surface area contributed by atoms with Crippen LogP contribution in [0.15, 0.2) is 0 Å². The minimum atomic E-state index is -3.70. The van der Waals surface area contributed by atoms with Gasteiger partial charge in [0, 0.05) is 0 Å². The van der Waals surface area contributed by atoms with E-state index in [4.69, 9.17) is 4.52 Å². The van der Waals surface area contributed by atoms with Crippen LogP contribution in [0.1, 0.15) is 58.3 Å². The number of unbranched alkanes of at least 4 members (excludes halogenated alkanes) is 7. The maximum absolute atomic E-state index is 9.45. The quantitative estimate of drug-likeness (QED) is 0.460. The van der Waals surface area contributed by atoms with Gasteiger partial charge in [-0.15, -0.1) is 0 Å². The van der Waals surface area contributed by atoms with Crippen LogP contribution in [0, 0.1) is 0 Å². The van der Waals surface area contributed by atoms with E-state index in [1.165, 1.54) is 51.9 Å². The molecule has 0 saturated heterocycles. The van der Waals surface area contributed by atoms with Crippen LogP contribution >= 0.6 is 7.28 Å². The van der Waals surface area contributed by atoms with Crippen LogP contribution in [-0.2, 0) is 4.52 Å². The number of hydrogen-bond acceptors (Lipinski definition) is 3. The van der Waals surface area contributed by atoms with Crippen molar-refractivity contribution in [2.75, 3.05) is 19.9 Å². The van der Waals surface area contributed by atoms with E-state index in [-0.39, 0.29) is 0 Å². The fourth-order valence-corrected chi connectivity index (χ4v) is 2.22. The van der Waals surface area contributed by atoms with Crippen molar-refractivity contribution >= 4 is 7.28 Å². The van der Waals surface area contributed by atoms with Gasteiger partial charge in [0.25, 0.3) is 0 Å². The van der Waals surface area contributed by atoms with Gasteiger partial charge in [0.1, 0.15) is 0 Å². The molecule has 0 spiro atoms. The zero-order valence-corrected chi connectivity index (χ0v) is 12.0. The van der Waals surface area contributed by atoms with E-state index in [2.05, 4.69) is 6.92 Å². The van der Waals surface area contributed by atoms with Crippen LogP contribution in [0.4, 0.5) is 0 Å². The van der Waals surface area contributed by atoms with Crippen molar-refractivity contribution in [2.45, 2.75) is 58.3 Å². The molecule has 0 rings (SSSR count). The fourth-order valence-electron chi connectivity index (χ4n) is 1.56. The first-order valence-electron chi connectivity index (χ1n) is 6.47. The predicted molar refractivity (Wildman–Crippen MR) is 71.8 cm³/mol. The van der Waals surface area contributed by atoms with E-state index in [1.807, 2.05) is 0 Å². The standard InChI is InChI=1S/C12H29O3P/c1-4-5-6-7-8-9-10-11-12-15-16(2,3,13)14/h13-14H,4-12H2,1-3H3. The summed E-state index contributed by atoms with van der Waals surface area (Å²) in [4.78, 5) is 18.9. The molecule has 2 N–H and O–H groups in total. The van der Waals surface area contributed by atoms with Gasteiger partial charge in [-0.3, -0.25) is 0 Å². The topological polar surface area (TPSA) is 49.7 Å². The molecule has 100 valence electrons. The second kappa shape index (κ2) is 7.60. The average molecular weight is 252 g/mol. The van der Waals surface area contributed by atoms with E-state index >= 15 is 0 Å². The van der Waals surface area contributed by atoms with Gasteiger partial charge in [0.05, 0.1) is 0 Å². The number of hydrogen-bond donors (Lipinski definition) is 2. The van der Waals surface area contributed by atoms with Crippen molar-refractivity contribution < 1.29 is 14.3 Å². The van der Waals surface area contributed by atoms with E-state index < -0.39 is 7.28 Å². The van der Waals surface area contributed by atoms with Gasteiger partial charge < -0.3 is 0 Å². The third-order valence-electron chi connectivity index (χ3n) is 2.46. The summed E-state index contributed by atoms with van der Waals surface area (Å²) >= 11 is 0. The van der Waals surface area contributed by atoms with E-state index in [0.29, 0.717) is 6.61 Å². The zero-order chi connectivity index (χ0) is 12.5. The van der Waals surface area contributed by atoms with Gasteiger partial charge >= 0.3 is 99.8 Å². The summed E-state index contributed by atoms with van der Waals surface area (Å²) in [6.45, 7) is 5.46. The first kappa shape index (κ1) is 16.3. The predicted octanol–water partition coefficient (Wildman–Crippen LogP) is 3.69. The molecule has 0 aromatic heterocycles. The molecule has 0 fully saturated rings. The van der Waals surface area contributed by atoms with E-state index in [9.17, 15) is 9.79 Å². The molecule has 0 aromatic rings. The van der Waals surface area contributed by atoms with Crippen molar-refractivity contribution in [3.63, 3.8) is 0 Å². The molecule has 16 heavy (non-hydrogen) atoms. The van der Waals surface area contributed by atoms with Gasteiger partial charge in [-0.05, 0) is 0 Å². The summed E-state index contributed by atoms with van der Waals surface area (Å²) in [5.41, 5.74) is 0. The molecule has 3 nitrogen and oxygen atoms in total. The van der Waals surface area contributed by atoms with Crippen molar-refractivity contribution in [3.8, 4) is 0 Å². The average Bonchev–Trinajstić information content (AvgIpc) is 2.12. The van der Waals surface area contributed by atoms with Crippen LogP contribution in [-0.4, -0.2) is 29.7 Å². The Bertz CT molecular complexity index is 166. The Kier molecular flexibility index (Phi) is 7.75. The van der Waals surface area contributed by atoms with Gasteiger partial charge in [-0.2, -0.15) is 0 Å². The molecule has 0 aliphatic rings. The summed E-state index contributed by atoms with van der Waals surface area (Å²) in [7, 11) is -3.70. The second-order valence-electron chi connectivity index (χ2n) is 5.17. The molecule has 0 heterocycles. The molecule has 0 radical (unpaired) electrons. The van der Waals surface area contributed by atoms with E-state index in [0.717, 1.165) is 12.8 Å². The monoisotopic (exact) mass is 252 g/mol. The molecule has 0 unspecified atom stereocenters.